The average molecular weight is 343 g/mol. The van der Waals surface area contributed by atoms with Crippen molar-refractivity contribution in [3.63, 3.8) is 0 Å². The molecule has 1 aromatic rings. The Labute approximate surface area is 129 Å². The van der Waals surface area contributed by atoms with Gasteiger partial charge in [0.2, 0.25) is 5.95 Å². The van der Waals surface area contributed by atoms with Crippen molar-refractivity contribution in [2.75, 3.05) is 43.1 Å². The molecule has 112 valence electrons. The molecule has 0 radical (unpaired) electrons. The number of ether oxygens (including phenoxy) is 1. The van der Waals surface area contributed by atoms with E-state index in [9.17, 15) is 0 Å². The monoisotopic (exact) mass is 342 g/mol. The maximum atomic E-state index is 5.40. The minimum absolute atomic E-state index is 0.356. The molecule has 5 nitrogen and oxygen atoms in total. The summed E-state index contributed by atoms with van der Waals surface area (Å²) in [6.45, 7) is 10.6. The zero-order valence-electron chi connectivity index (χ0n) is 12.4. The van der Waals surface area contributed by atoms with Crippen LogP contribution in [0.1, 0.15) is 38.8 Å². The van der Waals surface area contributed by atoms with Gasteiger partial charge in [-0.25, -0.2) is 4.98 Å². The smallest absolute Gasteiger partial charge is 0.227 e. The summed E-state index contributed by atoms with van der Waals surface area (Å²) in [5, 5.41) is 3.38. The quantitative estimate of drug-likeness (QED) is 0.891. The van der Waals surface area contributed by atoms with Crippen LogP contribution >= 0.6 is 15.9 Å². The van der Waals surface area contributed by atoms with E-state index < -0.39 is 0 Å². The van der Waals surface area contributed by atoms with E-state index in [1.54, 1.807) is 0 Å². The molecule has 1 aromatic heterocycles. The van der Waals surface area contributed by atoms with Crippen LogP contribution < -0.4 is 10.2 Å². The Morgan fingerprint density at radius 3 is 2.60 bits per heavy atom. The number of rotatable bonds is 5. The third-order valence-corrected chi connectivity index (χ3v) is 4.03. The van der Waals surface area contributed by atoms with Gasteiger partial charge >= 0.3 is 0 Å². The fourth-order valence-electron chi connectivity index (χ4n) is 2.10. The Morgan fingerprint density at radius 2 is 2.00 bits per heavy atom. The molecule has 0 amide bonds. The molecule has 0 unspecified atom stereocenters. The Morgan fingerprint density at radius 1 is 1.30 bits per heavy atom. The number of halogens is 1. The number of nitrogens with one attached hydrogen (secondary N) is 1. The van der Waals surface area contributed by atoms with Crippen LogP contribution in [0.15, 0.2) is 4.47 Å². The number of nitrogens with zero attached hydrogens (tertiary/aromatic N) is 3. The lowest BCUT2D eigenvalue weighted by Crippen LogP contribution is -2.37. The van der Waals surface area contributed by atoms with Gasteiger partial charge in [-0.05, 0) is 28.3 Å². The molecule has 0 aromatic carbocycles. The normalized spacial score (nSPS) is 15.8. The number of hydrogen-bond donors (Lipinski definition) is 1. The Kier molecular flexibility index (Phi) is 5.60. The van der Waals surface area contributed by atoms with Crippen molar-refractivity contribution in [1.82, 2.24) is 9.97 Å². The molecule has 1 N–H and O–H groups in total. The van der Waals surface area contributed by atoms with E-state index in [2.05, 4.69) is 51.9 Å². The van der Waals surface area contributed by atoms with Crippen molar-refractivity contribution in [2.45, 2.75) is 33.1 Å². The van der Waals surface area contributed by atoms with Gasteiger partial charge in [0.25, 0.3) is 0 Å². The largest absolute Gasteiger partial charge is 0.378 e. The topological polar surface area (TPSA) is 50.3 Å². The molecule has 2 heterocycles. The zero-order valence-corrected chi connectivity index (χ0v) is 14.0. The minimum atomic E-state index is 0.356. The summed E-state index contributed by atoms with van der Waals surface area (Å²) in [6, 6.07) is 0. The molecular formula is C14H23BrN4O. The van der Waals surface area contributed by atoms with Crippen LogP contribution in [0.25, 0.3) is 0 Å². The van der Waals surface area contributed by atoms with Crippen molar-refractivity contribution in [3.8, 4) is 0 Å². The Balaban J connectivity index is 2.32. The van der Waals surface area contributed by atoms with Gasteiger partial charge in [-0.1, -0.05) is 20.8 Å². The van der Waals surface area contributed by atoms with E-state index >= 15 is 0 Å². The number of hydrogen-bond acceptors (Lipinski definition) is 5. The number of aromatic nitrogens is 2. The van der Waals surface area contributed by atoms with Gasteiger partial charge in [-0.15, -0.1) is 0 Å². The molecule has 0 saturated carbocycles. The molecule has 0 bridgehead atoms. The van der Waals surface area contributed by atoms with E-state index in [1.165, 1.54) is 0 Å². The molecule has 1 saturated heterocycles. The highest BCUT2D eigenvalue weighted by atomic mass is 79.9. The second-order valence-electron chi connectivity index (χ2n) is 5.25. The van der Waals surface area contributed by atoms with Gasteiger partial charge < -0.3 is 15.0 Å². The van der Waals surface area contributed by atoms with Crippen LogP contribution in [-0.4, -0.2) is 42.8 Å². The second-order valence-corrected chi connectivity index (χ2v) is 6.05. The summed E-state index contributed by atoms with van der Waals surface area (Å²) in [6.07, 6.45) is 1.07. The van der Waals surface area contributed by atoms with Gasteiger partial charge in [0.05, 0.1) is 23.4 Å². The highest BCUT2D eigenvalue weighted by molar-refractivity contribution is 9.10. The fraction of sp³-hybridized carbons (Fsp3) is 0.714. The predicted octanol–water partition coefficient (Wildman–Crippen LogP) is 3.02. The van der Waals surface area contributed by atoms with Gasteiger partial charge in [-0.2, -0.15) is 4.98 Å². The van der Waals surface area contributed by atoms with Crippen molar-refractivity contribution >= 4 is 27.7 Å². The van der Waals surface area contributed by atoms with Crippen LogP contribution in [0.2, 0.25) is 0 Å². The summed E-state index contributed by atoms with van der Waals surface area (Å²) in [5.74, 6) is 2.06. The average Bonchev–Trinajstić information content (AvgIpc) is 2.46. The number of anilines is 2. The molecular weight excluding hydrogens is 320 g/mol. The highest BCUT2D eigenvalue weighted by Crippen LogP contribution is 2.31. The Bertz CT molecular complexity index is 447. The minimum Gasteiger partial charge on any atom is -0.378 e. The van der Waals surface area contributed by atoms with E-state index in [1.807, 2.05) is 0 Å². The molecule has 2 rings (SSSR count). The molecule has 0 aliphatic carbocycles. The van der Waals surface area contributed by atoms with Gasteiger partial charge in [0.1, 0.15) is 5.82 Å². The fourth-order valence-corrected chi connectivity index (χ4v) is 2.88. The van der Waals surface area contributed by atoms with Crippen LogP contribution in [0.4, 0.5) is 11.8 Å². The second kappa shape index (κ2) is 7.22. The summed E-state index contributed by atoms with van der Waals surface area (Å²) >= 11 is 3.64. The highest BCUT2D eigenvalue weighted by Gasteiger charge is 2.19. The third kappa shape index (κ3) is 3.61. The number of morpholine rings is 1. The molecule has 1 aliphatic heterocycles. The first kappa shape index (κ1) is 15.5. The van der Waals surface area contributed by atoms with E-state index in [0.717, 1.165) is 61.2 Å². The maximum Gasteiger partial charge on any atom is 0.227 e. The van der Waals surface area contributed by atoms with Crippen molar-refractivity contribution in [2.24, 2.45) is 0 Å². The summed E-state index contributed by atoms with van der Waals surface area (Å²) in [5.41, 5.74) is 1.06. The molecule has 1 aliphatic rings. The van der Waals surface area contributed by atoms with E-state index in [0.29, 0.717) is 5.92 Å². The van der Waals surface area contributed by atoms with Crippen molar-refractivity contribution in [1.29, 1.82) is 0 Å². The third-order valence-electron chi connectivity index (χ3n) is 3.25. The lowest BCUT2D eigenvalue weighted by Gasteiger charge is -2.28. The van der Waals surface area contributed by atoms with Crippen molar-refractivity contribution < 1.29 is 4.74 Å². The summed E-state index contributed by atoms with van der Waals surface area (Å²) < 4.78 is 6.38. The lowest BCUT2D eigenvalue weighted by atomic mass is 10.1. The van der Waals surface area contributed by atoms with Gasteiger partial charge in [-0.3, -0.25) is 0 Å². The lowest BCUT2D eigenvalue weighted by molar-refractivity contribution is 0.122. The van der Waals surface area contributed by atoms with Crippen LogP contribution in [0, 0.1) is 0 Å². The van der Waals surface area contributed by atoms with Crippen LogP contribution in [-0.2, 0) is 4.74 Å². The van der Waals surface area contributed by atoms with Crippen LogP contribution in [0.3, 0.4) is 0 Å². The zero-order chi connectivity index (χ0) is 14.5. The summed E-state index contributed by atoms with van der Waals surface area (Å²) in [4.78, 5) is 11.6. The predicted molar refractivity (Wildman–Crippen MR) is 85.6 cm³/mol. The van der Waals surface area contributed by atoms with Crippen LogP contribution in [0.5, 0.6) is 0 Å². The standard InChI is InChI=1S/C14H23BrN4O/c1-4-5-16-13-11(15)12(10(2)3)17-14(18-13)19-6-8-20-9-7-19/h10H,4-9H2,1-3H3,(H,16,17,18). The molecule has 0 atom stereocenters. The molecule has 6 heteroatoms. The first-order chi connectivity index (χ1) is 9.63. The van der Waals surface area contributed by atoms with E-state index in [-0.39, 0.29) is 0 Å². The van der Waals surface area contributed by atoms with Gasteiger partial charge in [0, 0.05) is 19.6 Å². The first-order valence-electron chi connectivity index (χ1n) is 7.27. The SMILES string of the molecule is CCCNc1nc(N2CCOCC2)nc(C(C)C)c1Br. The Hall–Kier alpha value is -0.880. The van der Waals surface area contributed by atoms with Gasteiger partial charge in [0.15, 0.2) is 0 Å². The van der Waals surface area contributed by atoms with Crippen molar-refractivity contribution in [3.05, 3.63) is 10.2 Å². The maximum absolute atomic E-state index is 5.40. The summed E-state index contributed by atoms with van der Waals surface area (Å²) in [7, 11) is 0. The van der Waals surface area contributed by atoms with E-state index in [4.69, 9.17) is 9.72 Å². The molecule has 20 heavy (non-hydrogen) atoms. The molecule has 0 spiro atoms. The molecule has 1 fully saturated rings. The first-order valence-corrected chi connectivity index (χ1v) is 8.06.